The van der Waals surface area contributed by atoms with Crippen molar-refractivity contribution in [3.8, 4) is 0 Å². The first-order valence-corrected chi connectivity index (χ1v) is 9.35. The maximum absolute atomic E-state index is 12.9. The molecule has 2 aromatic rings. The summed E-state index contributed by atoms with van der Waals surface area (Å²) in [5.41, 5.74) is 3.43. The minimum atomic E-state index is -0.0807. The van der Waals surface area contributed by atoms with Crippen molar-refractivity contribution in [1.29, 1.82) is 0 Å². The summed E-state index contributed by atoms with van der Waals surface area (Å²) < 4.78 is 0. The summed E-state index contributed by atoms with van der Waals surface area (Å²) >= 11 is 0. The topological polar surface area (TPSA) is 32.3 Å². The number of carbonyl (C=O) groups is 1. The van der Waals surface area contributed by atoms with Gasteiger partial charge in [-0.15, -0.1) is 0 Å². The molecule has 0 radical (unpaired) electrons. The molecule has 0 saturated heterocycles. The van der Waals surface area contributed by atoms with E-state index in [-0.39, 0.29) is 11.4 Å². The number of para-hydroxylation sites is 2. The molecule has 3 heteroatoms. The van der Waals surface area contributed by atoms with Gasteiger partial charge in [0.25, 0.3) is 0 Å². The normalized spacial score (nSPS) is 18.3. The summed E-state index contributed by atoms with van der Waals surface area (Å²) in [7, 11) is 0. The first-order chi connectivity index (χ1) is 12.5. The third-order valence-corrected chi connectivity index (χ3v) is 5.75. The van der Waals surface area contributed by atoms with Gasteiger partial charge in [-0.25, -0.2) is 4.79 Å². The predicted molar refractivity (Wildman–Crippen MR) is 109 cm³/mol. The van der Waals surface area contributed by atoms with Crippen molar-refractivity contribution < 1.29 is 4.79 Å². The van der Waals surface area contributed by atoms with Crippen molar-refractivity contribution in [1.82, 2.24) is 5.32 Å². The number of urea groups is 1. The molecule has 0 unspecified atom stereocenters. The molecule has 1 aliphatic carbocycles. The van der Waals surface area contributed by atoms with Crippen LogP contribution in [0, 0.1) is 11.3 Å². The number of amides is 2. The molecule has 1 atom stereocenters. The Morgan fingerprint density at radius 1 is 1.04 bits per heavy atom. The highest BCUT2D eigenvalue weighted by Crippen LogP contribution is 2.44. The van der Waals surface area contributed by atoms with Gasteiger partial charge in [-0.1, -0.05) is 61.9 Å². The zero-order chi connectivity index (χ0) is 18.6. The fourth-order valence-corrected chi connectivity index (χ4v) is 3.65. The van der Waals surface area contributed by atoms with E-state index >= 15 is 0 Å². The quantitative estimate of drug-likeness (QED) is 0.669. The smallest absolute Gasteiger partial charge is 0.326 e. The van der Waals surface area contributed by atoms with E-state index in [1.165, 1.54) is 5.57 Å². The highest BCUT2D eigenvalue weighted by molar-refractivity contribution is 5.99. The molecule has 26 heavy (non-hydrogen) atoms. The van der Waals surface area contributed by atoms with Crippen molar-refractivity contribution in [2.24, 2.45) is 11.3 Å². The van der Waals surface area contributed by atoms with E-state index < -0.39 is 0 Å². The van der Waals surface area contributed by atoms with Crippen LogP contribution in [-0.2, 0) is 0 Å². The van der Waals surface area contributed by atoms with Crippen LogP contribution in [0.2, 0.25) is 0 Å². The molecular formula is C23H28N2O. The van der Waals surface area contributed by atoms with Gasteiger partial charge in [-0.3, -0.25) is 4.90 Å². The molecule has 2 amide bonds. The number of nitrogens with one attached hydrogen (secondary N) is 1. The van der Waals surface area contributed by atoms with Crippen LogP contribution in [0.15, 0.2) is 72.3 Å². The summed E-state index contributed by atoms with van der Waals surface area (Å²) in [6.45, 7) is 7.51. The number of anilines is 2. The van der Waals surface area contributed by atoms with Gasteiger partial charge in [0.05, 0.1) is 11.4 Å². The van der Waals surface area contributed by atoms with Gasteiger partial charge >= 0.3 is 6.03 Å². The molecule has 0 aliphatic heterocycles. The van der Waals surface area contributed by atoms with Crippen molar-refractivity contribution in [2.45, 2.75) is 33.6 Å². The second kappa shape index (κ2) is 7.77. The molecular weight excluding hydrogens is 320 g/mol. The molecule has 3 rings (SSSR count). The van der Waals surface area contributed by atoms with Gasteiger partial charge in [0.15, 0.2) is 0 Å². The number of allylic oxidation sites excluding steroid dienone is 2. The summed E-state index contributed by atoms with van der Waals surface area (Å²) in [5, 5.41) is 3.12. The Labute approximate surface area is 156 Å². The largest absolute Gasteiger partial charge is 0.337 e. The minimum Gasteiger partial charge on any atom is -0.337 e. The van der Waals surface area contributed by atoms with E-state index in [0.717, 1.165) is 24.2 Å². The molecule has 3 nitrogen and oxygen atoms in total. The van der Waals surface area contributed by atoms with E-state index in [1.807, 2.05) is 60.7 Å². The minimum absolute atomic E-state index is 0.0807. The predicted octanol–water partition coefficient (Wildman–Crippen LogP) is 5.92. The lowest BCUT2D eigenvalue weighted by Crippen LogP contribution is -2.38. The fraction of sp³-hybridized carbons (Fsp3) is 0.348. The molecule has 2 aromatic carbocycles. The Bertz CT molecular complexity index is 726. The third kappa shape index (κ3) is 3.82. The number of rotatable bonds is 5. The highest BCUT2D eigenvalue weighted by atomic mass is 16.2. The molecule has 0 saturated carbocycles. The maximum Gasteiger partial charge on any atom is 0.326 e. The van der Waals surface area contributed by atoms with Crippen LogP contribution in [0.25, 0.3) is 0 Å². The number of carbonyl (C=O) groups excluding carboxylic acids is 1. The van der Waals surface area contributed by atoms with E-state index in [2.05, 4.69) is 32.2 Å². The van der Waals surface area contributed by atoms with Crippen LogP contribution in [-0.4, -0.2) is 12.6 Å². The lowest BCUT2D eigenvalue weighted by Gasteiger charge is -2.30. The monoisotopic (exact) mass is 348 g/mol. The van der Waals surface area contributed by atoms with Gasteiger partial charge in [0.1, 0.15) is 0 Å². The molecule has 0 fully saturated rings. The molecule has 0 spiro atoms. The SMILES string of the molecule is CC1=CC[C@@H](CCNC(=O)N(c2ccccc2)c2ccccc2)C1(C)C. The van der Waals surface area contributed by atoms with Gasteiger partial charge in [-0.2, -0.15) is 0 Å². The molecule has 1 N–H and O–H groups in total. The molecule has 136 valence electrons. The average Bonchev–Trinajstić information content (AvgIpc) is 2.90. The van der Waals surface area contributed by atoms with Crippen LogP contribution in [0.3, 0.4) is 0 Å². The zero-order valence-electron chi connectivity index (χ0n) is 15.9. The summed E-state index contributed by atoms with van der Waals surface area (Å²) in [5.74, 6) is 0.588. The Kier molecular flexibility index (Phi) is 5.46. The Hall–Kier alpha value is -2.55. The molecule has 0 heterocycles. The Balaban J connectivity index is 1.67. The van der Waals surface area contributed by atoms with Gasteiger partial charge in [0, 0.05) is 6.54 Å². The summed E-state index contributed by atoms with van der Waals surface area (Å²) in [6, 6.07) is 19.5. The molecule has 0 bridgehead atoms. The van der Waals surface area contributed by atoms with E-state index in [0.29, 0.717) is 12.5 Å². The Morgan fingerprint density at radius 2 is 1.58 bits per heavy atom. The maximum atomic E-state index is 12.9. The van der Waals surface area contributed by atoms with Crippen molar-refractivity contribution >= 4 is 17.4 Å². The number of nitrogens with zero attached hydrogens (tertiary/aromatic N) is 1. The van der Waals surface area contributed by atoms with Crippen molar-refractivity contribution in [3.05, 3.63) is 72.3 Å². The summed E-state index contributed by atoms with van der Waals surface area (Å²) in [6.07, 6.45) is 4.44. The second-order valence-electron chi connectivity index (χ2n) is 7.57. The number of benzene rings is 2. The fourth-order valence-electron chi connectivity index (χ4n) is 3.65. The highest BCUT2D eigenvalue weighted by Gasteiger charge is 2.34. The van der Waals surface area contributed by atoms with Gasteiger partial charge in [-0.05, 0) is 55.4 Å². The van der Waals surface area contributed by atoms with E-state index in [1.54, 1.807) is 4.90 Å². The zero-order valence-corrected chi connectivity index (χ0v) is 15.9. The summed E-state index contributed by atoms with van der Waals surface area (Å²) in [4.78, 5) is 14.7. The number of hydrogen-bond acceptors (Lipinski definition) is 1. The van der Waals surface area contributed by atoms with Gasteiger partial charge in [0.2, 0.25) is 0 Å². The van der Waals surface area contributed by atoms with Crippen LogP contribution in [0.1, 0.15) is 33.6 Å². The lowest BCUT2D eigenvalue weighted by molar-refractivity contribution is 0.242. The second-order valence-corrected chi connectivity index (χ2v) is 7.57. The van der Waals surface area contributed by atoms with Crippen molar-refractivity contribution in [2.75, 3.05) is 11.4 Å². The Morgan fingerprint density at radius 3 is 2.04 bits per heavy atom. The van der Waals surface area contributed by atoms with Gasteiger partial charge < -0.3 is 5.32 Å². The van der Waals surface area contributed by atoms with Crippen LogP contribution in [0.5, 0.6) is 0 Å². The van der Waals surface area contributed by atoms with Crippen LogP contribution >= 0.6 is 0 Å². The number of hydrogen-bond donors (Lipinski definition) is 1. The third-order valence-electron chi connectivity index (χ3n) is 5.75. The van der Waals surface area contributed by atoms with Crippen LogP contribution < -0.4 is 10.2 Å². The van der Waals surface area contributed by atoms with Crippen molar-refractivity contribution in [3.63, 3.8) is 0 Å². The average molecular weight is 348 g/mol. The van der Waals surface area contributed by atoms with E-state index in [4.69, 9.17) is 0 Å². The molecule has 1 aliphatic rings. The first-order valence-electron chi connectivity index (χ1n) is 9.35. The molecule has 0 aromatic heterocycles. The van der Waals surface area contributed by atoms with E-state index in [9.17, 15) is 4.79 Å². The standard InChI is InChI=1S/C23H28N2O/c1-18-14-15-19(23(18,2)3)16-17-24-22(26)25(20-10-6-4-7-11-20)21-12-8-5-9-13-21/h4-14,19H,15-17H2,1-3H3,(H,24,26)/t19-/m0/s1. The first kappa shape index (κ1) is 18.2. The van der Waals surface area contributed by atoms with Crippen LogP contribution in [0.4, 0.5) is 16.2 Å². The lowest BCUT2D eigenvalue weighted by atomic mass is 9.76.